The van der Waals surface area contributed by atoms with Crippen LogP contribution in [0.3, 0.4) is 0 Å². The molecule has 2 aromatic carbocycles. The van der Waals surface area contributed by atoms with E-state index in [0.29, 0.717) is 12.2 Å². The number of carbonyl (C=O) groups excluding carboxylic acids is 1. The first-order chi connectivity index (χ1) is 13.0. The van der Waals surface area contributed by atoms with Crippen molar-refractivity contribution in [3.05, 3.63) is 59.2 Å². The number of likely N-dealkylation sites (N-methyl/N-ethyl adjacent to an activating group) is 1. The maximum absolute atomic E-state index is 12.5. The van der Waals surface area contributed by atoms with Crippen molar-refractivity contribution in [3.63, 3.8) is 0 Å². The van der Waals surface area contributed by atoms with Crippen LogP contribution in [-0.2, 0) is 21.2 Å². The van der Waals surface area contributed by atoms with Crippen LogP contribution in [0.2, 0.25) is 0 Å². The fourth-order valence-corrected chi connectivity index (χ4v) is 3.35. The van der Waals surface area contributed by atoms with Gasteiger partial charge in [0.15, 0.2) is 0 Å². The Morgan fingerprint density at radius 3 is 2.39 bits per heavy atom. The third kappa shape index (κ3) is 6.88. The van der Waals surface area contributed by atoms with Gasteiger partial charge in [-0.25, -0.2) is 8.42 Å². The van der Waals surface area contributed by atoms with E-state index in [-0.39, 0.29) is 18.4 Å². The van der Waals surface area contributed by atoms with Crippen molar-refractivity contribution >= 4 is 21.6 Å². The fourth-order valence-electron chi connectivity index (χ4n) is 2.79. The van der Waals surface area contributed by atoms with Crippen LogP contribution in [0.4, 0.5) is 5.69 Å². The van der Waals surface area contributed by atoms with E-state index in [0.717, 1.165) is 28.7 Å². The maximum atomic E-state index is 12.5. The minimum atomic E-state index is -3.31. The number of carbonyl (C=O) groups is 1. The van der Waals surface area contributed by atoms with E-state index < -0.39 is 10.0 Å². The number of hydrogen-bond donors (Lipinski definition) is 1. The summed E-state index contributed by atoms with van der Waals surface area (Å²) in [5, 5.41) is 0. The van der Waals surface area contributed by atoms with E-state index in [2.05, 4.69) is 4.72 Å². The molecule has 0 saturated heterocycles. The monoisotopic (exact) mass is 404 g/mol. The van der Waals surface area contributed by atoms with Gasteiger partial charge in [-0.3, -0.25) is 9.52 Å². The summed E-state index contributed by atoms with van der Waals surface area (Å²) in [4.78, 5) is 14.1. The van der Waals surface area contributed by atoms with E-state index in [1.165, 1.54) is 0 Å². The van der Waals surface area contributed by atoms with Crippen LogP contribution in [0.25, 0.3) is 0 Å². The zero-order valence-electron chi connectivity index (χ0n) is 17.0. The number of benzene rings is 2. The van der Waals surface area contributed by atoms with Crippen LogP contribution in [0.5, 0.6) is 5.75 Å². The van der Waals surface area contributed by atoms with Gasteiger partial charge < -0.3 is 9.64 Å². The van der Waals surface area contributed by atoms with Gasteiger partial charge in [0.25, 0.3) is 0 Å². The van der Waals surface area contributed by atoms with Crippen molar-refractivity contribution in [2.45, 2.75) is 33.3 Å². The first-order valence-corrected chi connectivity index (χ1v) is 11.0. The van der Waals surface area contributed by atoms with E-state index in [9.17, 15) is 13.2 Å². The molecule has 28 heavy (non-hydrogen) atoms. The summed E-state index contributed by atoms with van der Waals surface area (Å²) >= 11 is 0. The van der Waals surface area contributed by atoms with Gasteiger partial charge in [0.05, 0.1) is 19.2 Å². The number of anilines is 1. The molecule has 0 aromatic heterocycles. The summed E-state index contributed by atoms with van der Waals surface area (Å²) in [6, 6.07) is 12.9. The summed E-state index contributed by atoms with van der Waals surface area (Å²) in [6.07, 6.45) is 1.20. The van der Waals surface area contributed by atoms with Crippen LogP contribution in [-0.4, -0.2) is 45.2 Å². The van der Waals surface area contributed by atoms with Crippen molar-refractivity contribution in [1.29, 1.82) is 0 Å². The summed E-state index contributed by atoms with van der Waals surface area (Å²) in [6.45, 7) is 6.43. The number of ether oxygens (including phenoxy) is 1. The van der Waals surface area contributed by atoms with Gasteiger partial charge >= 0.3 is 0 Å². The van der Waals surface area contributed by atoms with Crippen molar-refractivity contribution in [3.8, 4) is 5.75 Å². The van der Waals surface area contributed by atoms with E-state index >= 15 is 0 Å². The molecule has 0 aliphatic carbocycles. The van der Waals surface area contributed by atoms with E-state index in [1.54, 1.807) is 36.2 Å². The molecule has 2 rings (SSSR count). The molecule has 1 atom stereocenters. The Bertz CT molecular complexity index is 924. The summed E-state index contributed by atoms with van der Waals surface area (Å²) < 4.78 is 30.9. The standard InChI is InChI=1S/C21H28N2O4S/c1-15-6-7-16(2)20(12-15)27-17(3)14-23(4)21(24)13-18-8-10-19(11-9-18)22-28(5,25)26/h6-12,17,22H,13-14H2,1-5H3. The minimum Gasteiger partial charge on any atom is -0.489 e. The number of aryl methyl sites for hydroxylation is 2. The van der Waals surface area contributed by atoms with E-state index in [1.807, 2.05) is 39.0 Å². The van der Waals surface area contributed by atoms with Crippen molar-refractivity contribution in [2.75, 3.05) is 24.6 Å². The van der Waals surface area contributed by atoms with Crippen LogP contribution in [0, 0.1) is 13.8 Å². The average Bonchev–Trinajstić information content (AvgIpc) is 2.58. The Labute approximate surface area is 167 Å². The predicted octanol–water partition coefficient (Wildman–Crippen LogP) is 3.14. The normalized spacial score (nSPS) is 12.3. The van der Waals surface area contributed by atoms with Gasteiger partial charge in [-0.1, -0.05) is 24.3 Å². The molecule has 1 amide bonds. The molecular formula is C21H28N2O4S. The number of nitrogens with zero attached hydrogens (tertiary/aromatic N) is 1. The van der Waals surface area contributed by atoms with Crippen LogP contribution < -0.4 is 9.46 Å². The van der Waals surface area contributed by atoms with Crippen molar-refractivity contribution in [1.82, 2.24) is 4.90 Å². The zero-order valence-corrected chi connectivity index (χ0v) is 17.8. The lowest BCUT2D eigenvalue weighted by Crippen LogP contribution is -2.36. The number of amides is 1. The molecular weight excluding hydrogens is 376 g/mol. The smallest absolute Gasteiger partial charge is 0.229 e. The van der Waals surface area contributed by atoms with Gasteiger partial charge in [-0.2, -0.15) is 0 Å². The Kier molecular flexibility index (Phi) is 7.07. The molecule has 0 radical (unpaired) electrons. The SMILES string of the molecule is Cc1ccc(C)c(OC(C)CN(C)C(=O)Cc2ccc(NS(C)(=O)=O)cc2)c1. The van der Waals surface area contributed by atoms with E-state index in [4.69, 9.17) is 4.74 Å². The van der Waals surface area contributed by atoms with Gasteiger partial charge in [-0.15, -0.1) is 0 Å². The first-order valence-electron chi connectivity index (χ1n) is 9.08. The van der Waals surface area contributed by atoms with Crippen molar-refractivity contribution in [2.24, 2.45) is 0 Å². The fraction of sp³-hybridized carbons (Fsp3) is 0.381. The Morgan fingerprint density at radius 1 is 1.14 bits per heavy atom. The maximum Gasteiger partial charge on any atom is 0.229 e. The number of sulfonamides is 1. The third-order valence-electron chi connectivity index (χ3n) is 4.24. The summed E-state index contributed by atoms with van der Waals surface area (Å²) in [5.74, 6) is 0.808. The molecule has 7 heteroatoms. The highest BCUT2D eigenvalue weighted by Crippen LogP contribution is 2.20. The van der Waals surface area contributed by atoms with Gasteiger partial charge in [0, 0.05) is 12.7 Å². The summed E-state index contributed by atoms with van der Waals surface area (Å²) in [7, 11) is -1.56. The minimum absolute atomic E-state index is 0.0276. The molecule has 0 aliphatic heterocycles. The molecule has 0 bridgehead atoms. The Morgan fingerprint density at radius 2 is 1.79 bits per heavy atom. The number of rotatable bonds is 8. The molecule has 1 N–H and O–H groups in total. The highest BCUT2D eigenvalue weighted by Gasteiger charge is 2.15. The predicted molar refractivity (Wildman–Crippen MR) is 112 cm³/mol. The highest BCUT2D eigenvalue weighted by molar-refractivity contribution is 7.92. The lowest BCUT2D eigenvalue weighted by Gasteiger charge is -2.23. The Hall–Kier alpha value is -2.54. The first kappa shape index (κ1) is 21.8. The Balaban J connectivity index is 1.90. The quantitative estimate of drug-likeness (QED) is 0.733. The summed E-state index contributed by atoms with van der Waals surface area (Å²) in [5.41, 5.74) is 3.49. The molecule has 0 saturated carbocycles. The topological polar surface area (TPSA) is 75.7 Å². The average molecular weight is 405 g/mol. The number of hydrogen-bond acceptors (Lipinski definition) is 4. The van der Waals surface area contributed by atoms with Crippen LogP contribution >= 0.6 is 0 Å². The van der Waals surface area contributed by atoms with Crippen LogP contribution in [0.1, 0.15) is 23.6 Å². The van der Waals surface area contributed by atoms with Gasteiger partial charge in [0.1, 0.15) is 11.9 Å². The molecule has 152 valence electrons. The van der Waals surface area contributed by atoms with Gasteiger partial charge in [-0.05, 0) is 55.7 Å². The molecule has 0 spiro atoms. The molecule has 1 unspecified atom stereocenters. The lowest BCUT2D eigenvalue weighted by atomic mass is 10.1. The second-order valence-corrected chi connectivity index (χ2v) is 8.97. The lowest BCUT2D eigenvalue weighted by molar-refractivity contribution is -0.130. The second-order valence-electron chi connectivity index (χ2n) is 7.22. The third-order valence-corrected chi connectivity index (χ3v) is 4.85. The highest BCUT2D eigenvalue weighted by atomic mass is 32.2. The van der Waals surface area contributed by atoms with Gasteiger partial charge in [0.2, 0.25) is 15.9 Å². The molecule has 6 nitrogen and oxygen atoms in total. The van der Waals surface area contributed by atoms with Crippen molar-refractivity contribution < 1.29 is 17.9 Å². The van der Waals surface area contributed by atoms with Crippen LogP contribution in [0.15, 0.2) is 42.5 Å². The molecule has 2 aromatic rings. The largest absolute Gasteiger partial charge is 0.489 e. The molecule has 0 aliphatic rings. The molecule has 0 fully saturated rings. The second kappa shape index (κ2) is 9.10. The zero-order chi connectivity index (χ0) is 20.9. The molecule has 0 heterocycles. The number of nitrogens with one attached hydrogen (secondary N) is 1.